The van der Waals surface area contributed by atoms with Crippen LogP contribution in [0.3, 0.4) is 0 Å². The lowest BCUT2D eigenvalue weighted by molar-refractivity contribution is -0.130. The van der Waals surface area contributed by atoms with Crippen LogP contribution in [0.1, 0.15) is 29.6 Å². The second-order valence-corrected chi connectivity index (χ2v) is 8.45. The minimum Gasteiger partial charge on any atom is -0.488 e. The highest BCUT2D eigenvalue weighted by atomic mass is 19.1. The van der Waals surface area contributed by atoms with Gasteiger partial charge in [0.1, 0.15) is 23.5 Å². The molecule has 1 saturated carbocycles. The van der Waals surface area contributed by atoms with Crippen molar-refractivity contribution in [2.24, 2.45) is 11.8 Å². The molecule has 1 saturated heterocycles. The van der Waals surface area contributed by atoms with Crippen molar-refractivity contribution in [2.45, 2.75) is 31.5 Å². The first kappa shape index (κ1) is 22.2. The minimum atomic E-state index is -0.656. The highest BCUT2D eigenvalue weighted by Gasteiger charge is 2.43. The smallest absolute Gasteiger partial charge is 0.254 e. The second kappa shape index (κ2) is 9.65. The molecule has 8 heteroatoms. The summed E-state index contributed by atoms with van der Waals surface area (Å²) in [6.45, 7) is 1.25. The molecule has 2 aromatic rings. The molecule has 2 N–H and O–H groups in total. The molecule has 0 radical (unpaired) electrons. The number of carbonyl (C=O) groups excluding carboxylic acids is 2. The zero-order valence-corrected chi connectivity index (χ0v) is 17.5. The Morgan fingerprint density at radius 1 is 1.03 bits per heavy atom. The number of nitrogens with one attached hydrogen (secondary N) is 1. The zero-order chi connectivity index (χ0) is 22.7. The first-order valence-corrected chi connectivity index (χ1v) is 10.8. The van der Waals surface area contributed by atoms with Gasteiger partial charge < -0.3 is 20.1 Å². The van der Waals surface area contributed by atoms with Crippen LogP contribution in [0.15, 0.2) is 48.5 Å². The lowest BCUT2D eigenvalue weighted by atomic mass is 9.78. The van der Waals surface area contributed by atoms with E-state index < -0.39 is 23.9 Å². The highest BCUT2D eigenvalue weighted by Crippen LogP contribution is 2.38. The average Bonchev–Trinajstić information content (AvgIpc) is 3.18. The summed E-state index contributed by atoms with van der Waals surface area (Å²) in [5, 5.41) is 13.1. The summed E-state index contributed by atoms with van der Waals surface area (Å²) in [7, 11) is 0. The SMILES string of the molecule is O=C(NCCC(=O)N1C[C@H]2C[C@@H](Oc3ccc(F)cc3)[C@H](O)C[C@H]2C1)c1ccccc1F. The van der Waals surface area contributed by atoms with E-state index in [0.717, 1.165) is 0 Å². The Bertz CT molecular complexity index is 969. The zero-order valence-electron chi connectivity index (χ0n) is 17.5. The fourth-order valence-corrected chi connectivity index (χ4v) is 4.59. The van der Waals surface area contributed by atoms with E-state index >= 15 is 0 Å². The van der Waals surface area contributed by atoms with Crippen LogP contribution in [0, 0.1) is 23.5 Å². The monoisotopic (exact) mass is 444 g/mol. The number of aliphatic hydroxyl groups excluding tert-OH is 1. The van der Waals surface area contributed by atoms with Crippen LogP contribution in [0.4, 0.5) is 8.78 Å². The maximum Gasteiger partial charge on any atom is 0.254 e. The van der Waals surface area contributed by atoms with Crippen molar-refractivity contribution in [1.29, 1.82) is 0 Å². The number of nitrogens with zero attached hydrogens (tertiary/aromatic N) is 1. The Hall–Kier alpha value is -3.00. The topological polar surface area (TPSA) is 78.9 Å². The fourth-order valence-electron chi connectivity index (χ4n) is 4.59. The van der Waals surface area contributed by atoms with Crippen molar-refractivity contribution in [3.63, 3.8) is 0 Å². The van der Waals surface area contributed by atoms with Crippen LogP contribution in [0.5, 0.6) is 5.75 Å². The van der Waals surface area contributed by atoms with Crippen LogP contribution in [-0.2, 0) is 4.79 Å². The summed E-state index contributed by atoms with van der Waals surface area (Å²) in [5.74, 6) is -0.678. The van der Waals surface area contributed by atoms with Gasteiger partial charge in [-0.2, -0.15) is 0 Å². The molecule has 1 aliphatic heterocycles. The van der Waals surface area contributed by atoms with Gasteiger partial charge in [-0.25, -0.2) is 8.78 Å². The molecular weight excluding hydrogens is 418 g/mol. The van der Waals surface area contributed by atoms with Crippen molar-refractivity contribution in [3.05, 3.63) is 65.7 Å². The molecule has 2 amide bonds. The Balaban J connectivity index is 1.26. The Morgan fingerprint density at radius 2 is 1.72 bits per heavy atom. The van der Waals surface area contributed by atoms with Gasteiger partial charge >= 0.3 is 0 Å². The van der Waals surface area contributed by atoms with Gasteiger partial charge in [0.05, 0.1) is 11.7 Å². The Morgan fingerprint density at radius 3 is 2.44 bits per heavy atom. The second-order valence-electron chi connectivity index (χ2n) is 8.45. The van der Waals surface area contributed by atoms with Crippen molar-refractivity contribution >= 4 is 11.8 Å². The van der Waals surface area contributed by atoms with Crippen molar-refractivity contribution in [2.75, 3.05) is 19.6 Å². The third-order valence-electron chi connectivity index (χ3n) is 6.28. The molecule has 2 aliphatic rings. The predicted octanol–water partition coefficient (Wildman–Crippen LogP) is 2.76. The number of halogens is 2. The van der Waals surface area contributed by atoms with E-state index in [1.54, 1.807) is 11.0 Å². The molecule has 6 nitrogen and oxygen atoms in total. The quantitative estimate of drug-likeness (QED) is 0.718. The van der Waals surface area contributed by atoms with E-state index in [1.165, 1.54) is 42.5 Å². The number of amides is 2. The molecule has 2 aromatic carbocycles. The fraction of sp³-hybridized carbons (Fsp3) is 0.417. The van der Waals surface area contributed by atoms with Gasteiger partial charge in [0.2, 0.25) is 5.91 Å². The van der Waals surface area contributed by atoms with Crippen molar-refractivity contribution in [3.8, 4) is 5.75 Å². The molecule has 2 fully saturated rings. The van der Waals surface area contributed by atoms with E-state index in [-0.39, 0.29) is 42.1 Å². The van der Waals surface area contributed by atoms with Crippen molar-refractivity contribution < 1.29 is 28.2 Å². The third-order valence-corrected chi connectivity index (χ3v) is 6.28. The molecule has 4 rings (SSSR count). The minimum absolute atomic E-state index is 0.0478. The lowest BCUT2D eigenvalue weighted by Crippen LogP contribution is -2.42. The summed E-state index contributed by atoms with van der Waals surface area (Å²) < 4.78 is 32.6. The maximum absolute atomic E-state index is 13.7. The van der Waals surface area contributed by atoms with Crippen LogP contribution in [0.2, 0.25) is 0 Å². The van der Waals surface area contributed by atoms with Crippen LogP contribution >= 0.6 is 0 Å². The van der Waals surface area contributed by atoms with Gasteiger partial charge in [0.25, 0.3) is 5.91 Å². The van der Waals surface area contributed by atoms with Gasteiger partial charge in [-0.3, -0.25) is 9.59 Å². The summed E-state index contributed by atoms with van der Waals surface area (Å²) >= 11 is 0. The Kier molecular flexibility index (Phi) is 6.69. The normalized spacial score (nSPS) is 24.7. The number of aliphatic hydroxyl groups is 1. The van der Waals surface area contributed by atoms with E-state index in [4.69, 9.17) is 4.74 Å². The number of hydrogen-bond acceptors (Lipinski definition) is 4. The summed E-state index contributed by atoms with van der Waals surface area (Å²) in [5.41, 5.74) is -0.0478. The van der Waals surface area contributed by atoms with Crippen LogP contribution in [-0.4, -0.2) is 53.7 Å². The average molecular weight is 444 g/mol. The van der Waals surface area contributed by atoms with E-state index in [0.29, 0.717) is 31.7 Å². The number of benzene rings is 2. The molecule has 4 atom stereocenters. The van der Waals surface area contributed by atoms with E-state index in [2.05, 4.69) is 5.32 Å². The number of hydrogen-bond donors (Lipinski definition) is 2. The molecule has 170 valence electrons. The van der Waals surface area contributed by atoms with Gasteiger partial charge in [-0.15, -0.1) is 0 Å². The molecule has 0 bridgehead atoms. The van der Waals surface area contributed by atoms with Gasteiger partial charge in [0, 0.05) is 26.1 Å². The van der Waals surface area contributed by atoms with Gasteiger partial charge in [0.15, 0.2) is 0 Å². The summed E-state index contributed by atoms with van der Waals surface area (Å²) in [4.78, 5) is 26.5. The van der Waals surface area contributed by atoms with Crippen molar-refractivity contribution in [1.82, 2.24) is 10.2 Å². The highest BCUT2D eigenvalue weighted by molar-refractivity contribution is 5.94. The standard InChI is InChI=1S/C24H26F2N2O4/c25-17-5-7-18(8-6-17)32-22-12-16-14-28(13-15(16)11-21(22)29)23(30)9-10-27-24(31)19-3-1-2-4-20(19)26/h1-8,15-16,21-22,29H,9-14H2,(H,27,31)/t15-,16+,21+,22+/m0/s1. The van der Waals surface area contributed by atoms with Gasteiger partial charge in [-0.1, -0.05) is 12.1 Å². The number of likely N-dealkylation sites (tertiary alicyclic amines) is 1. The molecule has 0 aromatic heterocycles. The van der Waals surface area contributed by atoms with Crippen LogP contribution < -0.4 is 10.1 Å². The molecule has 0 unspecified atom stereocenters. The number of ether oxygens (including phenoxy) is 1. The summed E-state index contributed by atoms with van der Waals surface area (Å²) in [6, 6.07) is 11.4. The van der Waals surface area contributed by atoms with E-state index in [1.807, 2.05) is 0 Å². The Labute approximate surface area is 185 Å². The largest absolute Gasteiger partial charge is 0.488 e. The number of carbonyl (C=O) groups is 2. The molecule has 1 aliphatic carbocycles. The third kappa shape index (κ3) is 5.07. The first-order chi connectivity index (χ1) is 15.4. The van der Waals surface area contributed by atoms with E-state index in [9.17, 15) is 23.5 Å². The maximum atomic E-state index is 13.7. The summed E-state index contributed by atoms with van der Waals surface area (Å²) in [6.07, 6.45) is 0.201. The molecule has 1 heterocycles. The molecule has 0 spiro atoms. The molecular formula is C24H26F2N2O4. The lowest BCUT2D eigenvalue weighted by Gasteiger charge is -2.35. The number of rotatable bonds is 6. The molecule has 32 heavy (non-hydrogen) atoms. The van der Waals surface area contributed by atoms with Crippen LogP contribution in [0.25, 0.3) is 0 Å². The predicted molar refractivity (Wildman–Crippen MR) is 113 cm³/mol. The number of fused-ring (bicyclic) bond motifs is 1. The first-order valence-electron chi connectivity index (χ1n) is 10.8. The van der Waals surface area contributed by atoms with Gasteiger partial charge in [-0.05, 0) is 61.1 Å².